The molecule has 2 rings (SSSR count). The molecule has 0 radical (unpaired) electrons. The lowest BCUT2D eigenvalue weighted by molar-refractivity contribution is -0.119. The molecule has 20 heavy (non-hydrogen) atoms. The van der Waals surface area contributed by atoms with Gasteiger partial charge in [0.05, 0.1) is 10.5 Å². The number of aromatic carboxylic acids is 1. The van der Waals surface area contributed by atoms with E-state index in [1.165, 1.54) is 0 Å². The van der Waals surface area contributed by atoms with Crippen LogP contribution in [0.5, 0.6) is 0 Å². The highest BCUT2D eigenvalue weighted by atomic mass is 32.2. The highest BCUT2D eigenvalue weighted by Gasteiger charge is 2.27. The normalized spacial score (nSPS) is 18.9. The highest BCUT2D eigenvalue weighted by Crippen LogP contribution is 2.16. The maximum Gasteiger partial charge on any atom is 0.338 e. The lowest BCUT2D eigenvalue weighted by Crippen LogP contribution is -2.36. The van der Waals surface area contributed by atoms with Crippen LogP contribution in [0.4, 0.5) is 4.39 Å². The lowest BCUT2D eigenvalue weighted by Gasteiger charge is -2.11. The summed E-state index contributed by atoms with van der Waals surface area (Å²) in [5.74, 6) is -2.85. The summed E-state index contributed by atoms with van der Waals surface area (Å²) in [6, 6.07) is 1.88. The van der Waals surface area contributed by atoms with Gasteiger partial charge in [-0.2, -0.15) is 0 Å². The van der Waals surface area contributed by atoms with Gasteiger partial charge in [0, 0.05) is 19.0 Å². The number of hydrogen-bond donors (Lipinski definition) is 3. The summed E-state index contributed by atoms with van der Waals surface area (Å²) in [4.78, 5) is 21.4. The molecule has 0 saturated carbocycles. The Morgan fingerprint density at radius 1 is 1.45 bits per heavy atom. The monoisotopic (exact) mass is 302 g/mol. The molecular formula is C11H11FN2O5S. The van der Waals surface area contributed by atoms with Crippen LogP contribution in [-0.2, 0) is 14.8 Å². The van der Waals surface area contributed by atoms with Crippen molar-refractivity contribution in [3.8, 4) is 0 Å². The van der Waals surface area contributed by atoms with Gasteiger partial charge < -0.3 is 10.4 Å². The topological polar surface area (TPSA) is 113 Å². The molecule has 0 spiro atoms. The van der Waals surface area contributed by atoms with Gasteiger partial charge in [-0.15, -0.1) is 0 Å². The first-order valence-electron chi connectivity index (χ1n) is 5.61. The number of carbonyl (C=O) groups is 2. The van der Waals surface area contributed by atoms with Crippen LogP contribution < -0.4 is 10.0 Å². The number of sulfonamides is 1. The summed E-state index contributed by atoms with van der Waals surface area (Å²) in [6.07, 6.45) is 0.00616. The average molecular weight is 302 g/mol. The van der Waals surface area contributed by atoms with Crippen LogP contribution in [0.1, 0.15) is 16.8 Å². The number of carboxylic acid groups (broad SMARTS) is 1. The third kappa shape index (κ3) is 2.94. The predicted octanol–water partition coefficient (Wildman–Crippen LogP) is -0.309. The van der Waals surface area contributed by atoms with E-state index in [0.29, 0.717) is 0 Å². The Balaban J connectivity index is 2.27. The van der Waals surface area contributed by atoms with Crippen molar-refractivity contribution in [1.82, 2.24) is 10.0 Å². The van der Waals surface area contributed by atoms with E-state index in [9.17, 15) is 22.4 Å². The van der Waals surface area contributed by atoms with E-state index in [2.05, 4.69) is 10.0 Å². The largest absolute Gasteiger partial charge is 0.478 e. The molecule has 1 aliphatic heterocycles. The minimum atomic E-state index is -4.01. The molecule has 0 aromatic heterocycles. The first-order chi connectivity index (χ1) is 9.29. The summed E-state index contributed by atoms with van der Waals surface area (Å²) in [5.41, 5.74) is -0.728. The Morgan fingerprint density at radius 2 is 2.15 bits per heavy atom. The molecule has 1 saturated heterocycles. The Labute approximate surface area is 113 Å². The first-order valence-corrected chi connectivity index (χ1v) is 7.10. The summed E-state index contributed by atoms with van der Waals surface area (Å²) < 4.78 is 39.5. The van der Waals surface area contributed by atoms with Gasteiger partial charge in [-0.05, 0) is 18.2 Å². The average Bonchev–Trinajstić information content (AvgIpc) is 2.73. The zero-order valence-electron chi connectivity index (χ0n) is 10.1. The van der Waals surface area contributed by atoms with E-state index >= 15 is 0 Å². The molecular weight excluding hydrogens is 291 g/mol. The fourth-order valence-electron chi connectivity index (χ4n) is 1.81. The quantitative estimate of drug-likeness (QED) is 0.706. The van der Waals surface area contributed by atoms with Crippen molar-refractivity contribution in [2.75, 3.05) is 6.54 Å². The smallest absolute Gasteiger partial charge is 0.338 e. The summed E-state index contributed by atoms with van der Waals surface area (Å²) in [6.45, 7) is 0.158. The Bertz CT molecular complexity index is 673. The van der Waals surface area contributed by atoms with Gasteiger partial charge in [-0.3, -0.25) is 4.79 Å². The second kappa shape index (κ2) is 5.17. The van der Waals surface area contributed by atoms with Crippen molar-refractivity contribution in [3.63, 3.8) is 0 Å². The predicted molar refractivity (Wildman–Crippen MR) is 65.1 cm³/mol. The molecule has 3 N–H and O–H groups in total. The molecule has 1 heterocycles. The van der Waals surface area contributed by atoms with Crippen molar-refractivity contribution in [3.05, 3.63) is 29.6 Å². The maximum absolute atomic E-state index is 13.2. The van der Waals surface area contributed by atoms with Crippen LogP contribution in [-0.4, -0.2) is 38.0 Å². The van der Waals surface area contributed by atoms with Crippen LogP contribution in [0.15, 0.2) is 23.1 Å². The van der Waals surface area contributed by atoms with Gasteiger partial charge >= 0.3 is 5.97 Å². The molecule has 9 heteroatoms. The Kier molecular flexibility index (Phi) is 3.73. The highest BCUT2D eigenvalue weighted by molar-refractivity contribution is 7.89. The van der Waals surface area contributed by atoms with Gasteiger partial charge in [0.1, 0.15) is 5.82 Å². The van der Waals surface area contributed by atoms with Gasteiger partial charge in [0.25, 0.3) is 0 Å². The molecule has 1 amide bonds. The number of nitrogens with one attached hydrogen (secondary N) is 2. The van der Waals surface area contributed by atoms with Crippen LogP contribution in [0.3, 0.4) is 0 Å². The Hall–Kier alpha value is -2.00. The van der Waals surface area contributed by atoms with Crippen LogP contribution in [0.2, 0.25) is 0 Å². The third-order valence-corrected chi connectivity index (χ3v) is 4.30. The number of rotatable bonds is 4. The standard InChI is InChI=1S/C11H11FN2O5S/c12-9-2-1-7(4-8(9)11(16)17)20(18,19)14-6-3-10(15)13-5-6/h1-2,4,6,14H,3,5H2,(H,13,15)(H,16,17). The van der Waals surface area contributed by atoms with Crippen LogP contribution in [0.25, 0.3) is 0 Å². The number of halogens is 1. The molecule has 1 aromatic carbocycles. The molecule has 7 nitrogen and oxygen atoms in total. The van der Waals surface area contributed by atoms with Crippen LogP contribution >= 0.6 is 0 Å². The van der Waals surface area contributed by atoms with E-state index in [-0.39, 0.29) is 23.8 Å². The van der Waals surface area contributed by atoms with Gasteiger partial charge in [0.15, 0.2) is 0 Å². The zero-order chi connectivity index (χ0) is 14.9. The maximum atomic E-state index is 13.2. The van der Waals surface area contributed by atoms with Crippen LogP contribution in [0, 0.1) is 5.82 Å². The minimum Gasteiger partial charge on any atom is -0.478 e. The number of amides is 1. The summed E-state index contributed by atoms with van der Waals surface area (Å²) in [7, 11) is -4.01. The van der Waals surface area contributed by atoms with E-state index < -0.39 is 33.4 Å². The van der Waals surface area contributed by atoms with Crippen molar-refractivity contribution < 1.29 is 27.5 Å². The molecule has 1 aliphatic rings. The number of carbonyl (C=O) groups excluding carboxylic acids is 1. The van der Waals surface area contributed by atoms with E-state index in [1.54, 1.807) is 0 Å². The first kappa shape index (κ1) is 14.4. The second-order valence-corrected chi connectivity index (χ2v) is 5.99. The molecule has 0 aliphatic carbocycles. The molecule has 1 fully saturated rings. The van der Waals surface area contributed by atoms with Crippen molar-refractivity contribution in [2.24, 2.45) is 0 Å². The molecule has 1 aromatic rings. The van der Waals surface area contributed by atoms with E-state index in [4.69, 9.17) is 5.11 Å². The summed E-state index contributed by atoms with van der Waals surface area (Å²) >= 11 is 0. The van der Waals surface area contributed by atoms with Gasteiger partial charge in [-0.25, -0.2) is 22.3 Å². The van der Waals surface area contributed by atoms with Crippen molar-refractivity contribution >= 4 is 21.9 Å². The minimum absolute atomic E-state index is 0.00616. The molecule has 1 atom stereocenters. The SMILES string of the molecule is O=C1CC(NS(=O)(=O)c2ccc(F)c(C(=O)O)c2)CN1. The van der Waals surface area contributed by atoms with E-state index in [0.717, 1.165) is 18.2 Å². The lowest BCUT2D eigenvalue weighted by atomic mass is 10.2. The van der Waals surface area contributed by atoms with Crippen molar-refractivity contribution in [1.29, 1.82) is 0 Å². The van der Waals surface area contributed by atoms with Gasteiger partial charge in [0.2, 0.25) is 15.9 Å². The number of carboxylic acids is 1. The number of hydrogen-bond acceptors (Lipinski definition) is 4. The number of benzene rings is 1. The summed E-state index contributed by atoms with van der Waals surface area (Å²) in [5, 5.41) is 11.2. The fraction of sp³-hybridized carbons (Fsp3) is 0.273. The van der Waals surface area contributed by atoms with Crippen molar-refractivity contribution in [2.45, 2.75) is 17.4 Å². The third-order valence-electron chi connectivity index (χ3n) is 2.78. The zero-order valence-corrected chi connectivity index (χ0v) is 10.9. The molecule has 108 valence electrons. The second-order valence-electron chi connectivity index (χ2n) is 4.27. The van der Waals surface area contributed by atoms with Gasteiger partial charge in [-0.1, -0.05) is 0 Å². The van der Waals surface area contributed by atoms with E-state index in [1.807, 2.05) is 0 Å². The molecule has 1 unspecified atom stereocenters. The Morgan fingerprint density at radius 3 is 2.70 bits per heavy atom. The fourth-order valence-corrected chi connectivity index (χ4v) is 3.07. The molecule has 0 bridgehead atoms.